The SMILES string of the molecule is O=C(c1ccc(Cl)cc1)N1CCN(C(=O)C2CC2c2ccccc2)CC1. The van der Waals surface area contributed by atoms with Crippen molar-refractivity contribution in [3.8, 4) is 0 Å². The fraction of sp³-hybridized carbons (Fsp3) is 0.333. The Bertz CT molecular complexity index is 799. The van der Waals surface area contributed by atoms with Gasteiger partial charge in [0.05, 0.1) is 0 Å². The minimum absolute atomic E-state index is 0.00218. The van der Waals surface area contributed by atoms with Crippen LogP contribution in [0.3, 0.4) is 0 Å². The van der Waals surface area contributed by atoms with Crippen molar-refractivity contribution < 1.29 is 9.59 Å². The highest BCUT2D eigenvalue weighted by Gasteiger charge is 2.46. The molecule has 0 spiro atoms. The quantitative estimate of drug-likeness (QED) is 0.832. The highest BCUT2D eigenvalue weighted by Crippen LogP contribution is 2.48. The number of benzene rings is 2. The van der Waals surface area contributed by atoms with Crippen LogP contribution in [0.4, 0.5) is 0 Å². The Hall–Kier alpha value is -2.33. The number of hydrogen-bond acceptors (Lipinski definition) is 2. The molecule has 2 aromatic rings. The first-order valence-electron chi connectivity index (χ1n) is 9.02. The van der Waals surface area contributed by atoms with Gasteiger partial charge in [0.2, 0.25) is 5.91 Å². The molecule has 2 aliphatic rings. The largest absolute Gasteiger partial charge is 0.339 e. The third-order valence-corrected chi connectivity index (χ3v) is 5.56. The van der Waals surface area contributed by atoms with Crippen molar-refractivity contribution in [1.29, 1.82) is 0 Å². The minimum atomic E-state index is 0.00218. The lowest BCUT2D eigenvalue weighted by Crippen LogP contribution is -2.51. The maximum Gasteiger partial charge on any atom is 0.253 e. The van der Waals surface area contributed by atoms with Gasteiger partial charge in [-0.15, -0.1) is 0 Å². The molecule has 26 heavy (non-hydrogen) atoms. The highest BCUT2D eigenvalue weighted by atomic mass is 35.5. The second-order valence-corrected chi connectivity index (χ2v) is 7.42. The molecular weight excluding hydrogens is 348 g/mol. The Morgan fingerprint density at radius 1 is 0.846 bits per heavy atom. The molecule has 0 bridgehead atoms. The van der Waals surface area contributed by atoms with E-state index in [4.69, 9.17) is 11.6 Å². The van der Waals surface area contributed by atoms with E-state index in [0.29, 0.717) is 42.7 Å². The van der Waals surface area contributed by atoms with Crippen LogP contribution in [-0.4, -0.2) is 47.8 Å². The average Bonchev–Trinajstić information content (AvgIpc) is 3.49. The number of carbonyl (C=O) groups excluding carboxylic acids is 2. The van der Waals surface area contributed by atoms with Crippen molar-refractivity contribution in [2.75, 3.05) is 26.2 Å². The highest BCUT2D eigenvalue weighted by molar-refractivity contribution is 6.30. The second kappa shape index (κ2) is 7.12. The van der Waals surface area contributed by atoms with E-state index in [-0.39, 0.29) is 17.7 Å². The van der Waals surface area contributed by atoms with Gasteiger partial charge in [-0.3, -0.25) is 9.59 Å². The number of halogens is 1. The fourth-order valence-corrected chi connectivity index (χ4v) is 3.80. The molecule has 1 saturated heterocycles. The van der Waals surface area contributed by atoms with Gasteiger partial charge in [0.15, 0.2) is 0 Å². The van der Waals surface area contributed by atoms with E-state index in [1.165, 1.54) is 5.56 Å². The Kier molecular flexibility index (Phi) is 4.68. The molecule has 5 heteroatoms. The summed E-state index contributed by atoms with van der Waals surface area (Å²) in [6.07, 6.45) is 0.937. The van der Waals surface area contributed by atoms with Crippen LogP contribution < -0.4 is 0 Å². The summed E-state index contributed by atoms with van der Waals surface area (Å²) in [5.74, 6) is 0.702. The van der Waals surface area contributed by atoms with E-state index >= 15 is 0 Å². The summed E-state index contributed by atoms with van der Waals surface area (Å²) >= 11 is 5.88. The summed E-state index contributed by atoms with van der Waals surface area (Å²) in [6.45, 7) is 2.37. The fourth-order valence-electron chi connectivity index (χ4n) is 3.68. The van der Waals surface area contributed by atoms with Crippen molar-refractivity contribution >= 4 is 23.4 Å². The van der Waals surface area contributed by atoms with Crippen LogP contribution in [0.1, 0.15) is 28.3 Å². The van der Waals surface area contributed by atoms with Gasteiger partial charge in [-0.2, -0.15) is 0 Å². The average molecular weight is 369 g/mol. The first kappa shape index (κ1) is 17.1. The third kappa shape index (κ3) is 3.47. The Labute approximate surface area is 158 Å². The minimum Gasteiger partial charge on any atom is -0.339 e. The second-order valence-electron chi connectivity index (χ2n) is 6.98. The van der Waals surface area contributed by atoms with Crippen LogP contribution in [-0.2, 0) is 4.79 Å². The van der Waals surface area contributed by atoms with E-state index in [1.807, 2.05) is 28.0 Å². The van der Waals surface area contributed by atoms with Crippen molar-refractivity contribution in [2.24, 2.45) is 5.92 Å². The van der Waals surface area contributed by atoms with Gasteiger partial charge in [0, 0.05) is 42.7 Å². The molecule has 2 atom stereocenters. The van der Waals surface area contributed by atoms with Crippen molar-refractivity contribution in [1.82, 2.24) is 9.80 Å². The lowest BCUT2D eigenvalue weighted by molar-refractivity contribution is -0.134. The van der Waals surface area contributed by atoms with E-state index in [1.54, 1.807) is 24.3 Å². The van der Waals surface area contributed by atoms with Crippen LogP contribution in [0, 0.1) is 5.92 Å². The summed E-state index contributed by atoms with van der Waals surface area (Å²) in [5.41, 5.74) is 1.89. The predicted octanol–water partition coefficient (Wildman–Crippen LogP) is 3.43. The van der Waals surface area contributed by atoms with E-state index < -0.39 is 0 Å². The Morgan fingerprint density at radius 3 is 2.12 bits per heavy atom. The van der Waals surface area contributed by atoms with Gasteiger partial charge in [-0.1, -0.05) is 41.9 Å². The van der Waals surface area contributed by atoms with Gasteiger partial charge in [0.1, 0.15) is 0 Å². The molecule has 1 heterocycles. The topological polar surface area (TPSA) is 40.6 Å². The van der Waals surface area contributed by atoms with Crippen molar-refractivity contribution in [2.45, 2.75) is 12.3 Å². The first-order chi connectivity index (χ1) is 12.6. The number of carbonyl (C=O) groups is 2. The summed E-state index contributed by atoms with van der Waals surface area (Å²) in [7, 11) is 0. The Balaban J connectivity index is 1.32. The molecule has 134 valence electrons. The summed E-state index contributed by atoms with van der Waals surface area (Å²) < 4.78 is 0. The van der Waals surface area contributed by atoms with Crippen LogP contribution in [0.15, 0.2) is 54.6 Å². The number of piperazine rings is 1. The lowest BCUT2D eigenvalue weighted by atomic mass is 10.1. The molecular formula is C21H21ClN2O2. The molecule has 2 fully saturated rings. The number of hydrogen-bond donors (Lipinski definition) is 0. The van der Waals surface area contributed by atoms with Crippen LogP contribution in [0.5, 0.6) is 0 Å². The van der Waals surface area contributed by atoms with Crippen LogP contribution >= 0.6 is 11.6 Å². The Morgan fingerprint density at radius 2 is 1.46 bits per heavy atom. The maximum atomic E-state index is 12.7. The zero-order valence-corrected chi connectivity index (χ0v) is 15.2. The molecule has 1 aliphatic carbocycles. The maximum absolute atomic E-state index is 12.7. The number of nitrogens with zero attached hydrogens (tertiary/aromatic N) is 2. The first-order valence-corrected chi connectivity index (χ1v) is 9.40. The summed E-state index contributed by atoms with van der Waals surface area (Å²) in [4.78, 5) is 29.0. The smallest absolute Gasteiger partial charge is 0.253 e. The molecule has 2 amide bonds. The molecule has 1 saturated carbocycles. The predicted molar refractivity (Wildman–Crippen MR) is 101 cm³/mol. The third-order valence-electron chi connectivity index (χ3n) is 5.31. The summed E-state index contributed by atoms with van der Waals surface area (Å²) in [6, 6.07) is 17.2. The molecule has 2 unspecified atom stereocenters. The molecule has 1 aliphatic heterocycles. The van der Waals surface area contributed by atoms with E-state index in [9.17, 15) is 9.59 Å². The van der Waals surface area contributed by atoms with Crippen molar-refractivity contribution in [3.05, 3.63) is 70.7 Å². The van der Waals surface area contributed by atoms with Gasteiger partial charge in [-0.25, -0.2) is 0 Å². The normalized spacial score (nSPS) is 22.2. The zero-order valence-electron chi connectivity index (χ0n) is 14.5. The molecule has 4 rings (SSSR count). The monoisotopic (exact) mass is 368 g/mol. The van der Waals surface area contributed by atoms with Gasteiger partial charge >= 0.3 is 0 Å². The van der Waals surface area contributed by atoms with E-state index in [2.05, 4.69) is 12.1 Å². The van der Waals surface area contributed by atoms with Gasteiger partial charge < -0.3 is 9.80 Å². The van der Waals surface area contributed by atoms with Gasteiger partial charge in [0.25, 0.3) is 5.91 Å². The van der Waals surface area contributed by atoms with E-state index in [0.717, 1.165) is 6.42 Å². The molecule has 0 N–H and O–H groups in total. The van der Waals surface area contributed by atoms with Crippen LogP contribution in [0.2, 0.25) is 5.02 Å². The molecule has 4 nitrogen and oxygen atoms in total. The lowest BCUT2D eigenvalue weighted by Gasteiger charge is -2.35. The van der Waals surface area contributed by atoms with Crippen LogP contribution in [0.25, 0.3) is 0 Å². The van der Waals surface area contributed by atoms with Crippen molar-refractivity contribution in [3.63, 3.8) is 0 Å². The zero-order chi connectivity index (χ0) is 18.1. The standard InChI is InChI=1S/C21H21ClN2O2/c22-17-8-6-16(7-9-17)20(25)23-10-12-24(13-11-23)21(26)19-14-18(19)15-4-2-1-3-5-15/h1-9,18-19H,10-14H2. The molecule has 2 aromatic carbocycles. The molecule has 0 radical (unpaired) electrons. The summed E-state index contributed by atoms with van der Waals surface area (Å²) in [5, 5.41) is 0.620. The van der Waals surface area contributed by atoms with Gasteiger partial charge in [-0.05, 0) is 42.2 Å². The number of rotatable bonds is 3. The molecule has 0 aromatic heterocycles. The number of amides is 2.